The third kappa shape index (κ3) is 5.54. The molecule has 0 saturated carbocycles. The van der Waals surface area contributed by atoms with E-state index in [1.165, 1.54) is 11.1 Å². The van der Waals surface area contributed by atoms with Crippen molar-refractivity contribution in [3.63, 3.8) is 0 Å². The first-order valence-corrected chi connectivity index (χ1v) is 8.07. The molecule has 128 valence electrons. The Bertz CT molecular complexity index is 851. The largest absolute Gasteiger partial charge is 0.496 e. The Balaban J connectivity index is 1.89. The maximum atomic E-state index is 11.7. The first kappa shape index (κ1) is 18.4. The lowest BCUT2D eigenvalue weighted by molar-refractivity contribution is -0.135. The lowest BCUT2D eigenvalue weighted by Gasteiger charge is -2.03. The van der Waals surface area contributed by atoms with E-state index in [1.54, 1.807) is 19.3 Å². The van der Waals surface area contributed by atoms with Gasteiger partial charge in [-0.15, -0.1) is 0 Å². The molecule has 3 heteroatoms. The monoisotopic (exact) mass is 334 g/mol. The Hall–Kier alpha value is -2.99. The van der Waals surface area contributed by atoms with E-state index in [4.69, 9.17) is 9.47 Å². The molecule has 0 unspecified atom stereocenters. The van der Waals surface area contributed by atoms with Crippen molar-refractivity contribution in [2.75, 3.05) is 13.7 Å². The second-order valence-corrected chi connectivity index (χ2v) is 5.78. The van der Waals surface area contributed by atoms with Crippen LogP contribution < -0.4 is 4.74 Å². The van der Waals surface area contributed by atoms with Gasteiger partial charge < -0.3 is 9.47 Å². The second-order valence-electron chi connectivity index (χ2n) is 5.78. The van der Waals surface area contributed by atoms with Gasteiger partial charge in [-0.2, -0.15) is 0 Å². The molecule has 2 rings (SSSR count). The maximum absolute atomic E-state index is 11.7. The van der Waals surface area contributed by atoms with Crippen LogP contribution in [0.4, 0.5) is 0 Å². The number of hydrogen-bond acceptors (Lipinski definition) is 3. The number of hydrogen-bond donors (Lipinski definition) is 0. The van der Waals surface area contributed by atoms with E-state index < -0.39 is 5.97 Å². The minimum Gasteiger partial charge on any atom is -0.496 e. The number of methoxy groups -OCH3 is 1. The van der Waals surface area contributed by atoms with Crippen molar-refractivity contribution in [2.24, 2.45) is 0 Å². The van der Waals surface area contributed by atoms with Crippen LogP contribution in [0.2, 0.25) is 0 Å². The number of aryl methyl sites for hydroxylation is 3. The van der Waals surface area contributed by atoms with E-state index in [1.807, 2.05) is 31.2 Å². The van der Waals surface area contributed by atoms with Gasteiger partial charge in [-0.3, -0.25) is 0 Å². The van der Waals surface area contributed by atoms with Gasteiger partial charge in [-0.25, -0.2) is 4.79 Å². The van der Waals surface area contributed by atoms with Gasteiger partial charge >= 0.3 is 5.97 Å². The van der Waals surface area contributed by atoms with E-state index in [-0.39, 0.29) is 6.61 Å². The Kier molecular flexibility index (Phi) is 6.42. The fourth-order valence-corrected chi connectivity index (χ4v) is 2.23. The van der Waals surface area contributed by atoms with Crippen molar-refractivity contribution in [2.45, 2.75) is 20.8 Å². The van der Waals surface area contributed by atoms with Gasteiger partial charge in [-0.05, 0) is 61.2 Å². The van der Waals surface area contributed by atoms with Crippen LogP contribution in [-0.4, -0.2) is 19.7 Å². The zero-order valence-electron chi connectivity index (χ0n) is 15.1. The number of carbonyl (C=O) groups is 1. The van der Waals surface area contributed by atoms with Crippen molar-refractivity contribution in [1.82, 2.24) is 0 Å². The van der Waals surface area contributed by atoms with Crippen molar-refractivity contribution < 1.29 is 14.3 Å². The summed E-state index contributed by atoms with van der Waals surface area (Å²) >= 11 is 0. The van der Waals surface area contributed by atoms with E-state index in [9.17, 15) is 4.79 Å². The summed E-state index contributed by atoms with van der Waals surface area (Å²) in [6.07, 6.45) is 3.73. The second kappa shape index (κ2) is 8.75. The average molecular weight is 334 g/mol. The van der Waals surface area contributed by atoms with Crippen molar-refractivity contribution in [3.8, 4) is 17.6 Å². The molecule has 0 aromatic heterocycles. The number of rotatable bonds is 4. The number of carbonyl (C=O) groups excluding carboxylic acids is 1. The van der Waals surface area contributed by atoms with E-state index in [0.717, 1.165) is 16.9 Å². The third-order valence-corrected chi connectivity index (χ3v) is 3.87. The first-order valence-electron chi connectivity index (χ1n) is 8.07. The molecule has 0 N–H and O–H groups in total. The smallest absolute Gasteiger partial charge is 0.385 e. The summed E-state index contributed by atoms with van der Waals surface area (Å²) in [5, 5.41) is 0. The van der Waals surface area contributed by atoms with E-state index >= 15 is 0 Å². The molecule has 0 aliphatic rings. The van der Waals surface area contributed by atoms with E-state index in [0.29, 0.717) is 5.56 Å². The summed E-state index contributed by atoms with van der Waals surface area (Å²) in [6.45, 7) is 6.29. The van der Waals surface area contributed by atoms with Crippen molar-refractivity contribution in [3.05, 3.63) is 70.3 Å². The fraction of sp³-hybridized carbons (Fsp3) is 0.227. The summed E-state index contributed by atoms with van der Waals surface area (Å²) in [6, 6.07) is 11.7. The molecule has 0 aliphatic heterocycles. The minimum atomic E-state index is -0.552. The molecule has 0 spiro atoms. The highest BCUT2D eigenvalue weighted by molar-refractivity contribution is 5.89. The van der Waals surface area contributed by atoms with Gasteiger partial charge in [0.05, 0.1) is 7.11 Å². The SMILES string of the molecule is COc1cc(C#CC(=O)OC/C=C/c2ccc(C)c(C)c2)ccc1C. The molecule has 2 aromatic carbocycles. The highest BCUT2D eigenvalue weighted by Crippen LogP contribution is 2.18. The van der Waals surface area contributed by atoms with Crippen LogP contribution in [0.3, 0.4) is 0 Å². The summed E-state index contributed by atoms with van der Waals surface area (Å²) in [4.78, 5) is 11.7. The van der Waals surface area contributed by atoms with Crippen LogP contribution in [0.15, 0.2) is 42.5 Å². The molecule has 0 atom stereocenters. The van der Waals surface area contributed by atoms with Crippen LogP contribution >= 0.6 is 0 Å². The molecule has 25 heavy (non-hydrogen) atoms. The summed E-state index contributed by atoms with van der Waals surface area (Å²) in [7, 11) is 1.61. The first-order chi connectivity index (χ1) is 12.0. The molecule has 0 heterocycles. The van der Waals surface area contributed by atoms with Crippen LogP contribution in [0.1, 0.15) is 27.8 Å². The zero-order valence-corrected chi connectivity index (χ0v) is 15.1. The van der Waals surface area contributed by atoms with Gasteiger partial charge in [0.2, 0.25) is 0 Å². The standard InChI is InChI=1S/C22H22O3/c1-16-7-9-19(14-18(16)3)6-5-13-25-22(23)12-11-20-10-8-17(2)21(15-20)24-4/h5-10,14-15H,13H2,1-4H3/b6-5+. The third-order valence-electron chi connectivity index (χ3n) is 3.87. The molecule has 0 saturated heterocycles. The molecule has 0 aliphatic carbocycles. The Morgan fingerprint density at radius 3 is 2.52 bits per heavy atom. The number of ether oxygens (including phenoxy) is 2. The van der Waals surface area contributed by atoms with E-state index in [2.05, 4.69) is 37.8 Å². The molecule has 0 amide bonds. The maximum Gasteiger partial charge on any atom is 0.385 e. The molecule has 0 fully saturated rings. The van der Waals surface area contributed by atoms with Gasteiger partial charge in [-0.1, -0.05) is 36.3 Å². The predicted molar refractivity (Wildman–Crippen MR) is 101 cm³/mol. The summed E-state index contributed by atoms with van der Waals surface area (Å²) in [5.41, 5.74) is 5.30. The van der Waals surface area contributed by atoms with Gasteiger partial charge in [0, 0.05) is 11.5 Å². The van der Waals surface area contributed by atoms with Gasteiger partial charge in [0.25, 0.3) is 0 Å². The van der Waals surface area contributed by atoms with Crippen molar-refractivity contribution >= 4 is 12.0 Å². The quantitative estimate of drug-likeness (QED) is 0.620. The lowest BCUT2D eigenvalue weighted by Crippen LogP contribution is -2.00. The summed E-state index contributed by atoms with van der Waals surface area (Å²) in [5.74, 6) is 5.47. The highest BCUT2D eigenvalue weighted by Gasteiger charge is 1.99. The van der Waals surface area contributed by atoms with Crippen molar-refractivity contribution in [1.29, 1.82) is 0 Å². The summed E-state index contributed by atoms with van der Waals surface area (Å²) < 4.78 is 10.3. The normalized spacial score (nSPS) is 10.2. The van der Waals surface area contributed by atoms with Crippen LogP contribution in [0.5, 0.6) is 5.75 Å². The Morgan fingerprint density at radius 2 is 1.80 bits per heavy atom. The molecular weight excluding hydrogens is 312 g/mol. The average Bonchev–Trinajstić information content (AvgIpc) is 2.61. The Morgan fingerprint density at radius 1 is 1.04 bits per heavy atom. The van der Waals surface area contributed by atoms with Gasteiger partial charge in [0.1, 0.15) is 12.4 Å². The number of benzene rings is 2. The highest BCUT2D eigenvalue weighted by atomic mass is 16.5. The van der Waals surface area contributed by atoms with Crippen LogP contribution in [-0.2, 0) is 9.53 Å². The molecule has 3 nitrogen and oxygen atoms in total. The Labute approximate surface area is 149 Å². The topological polar surface area (TPSA) is 35.5 Å². The lowest BCUT2D eigenvalue weighted by atomic mass is 10.1. The molecule has 0 radical (unpaired) electrons. The zero-order chi connectivity index (χ0) is 18.2. The van der Waals surface area contributed by atoms with Crippen LogP contribution in [0, 0.1) is 32.6 Å². The molecular formula is C22H22O3. The van der Waals surface area contributed by atoms with Gasteiger partial charge in [0.15, 0.2) is 0 Å². The predicted octanol–water partition coefficient (Wildman–Crippen LogP) is 4.23. The van der Waals surface area contributed by atoms with Crippen LogP contribution in [0.25, 0.3) is 6.08 Å². The fourth-order valence-electron chi connectivity index (χ4n) is 2.23. The molecule has 2 aromatic rings. The molecule has 0 bridgehead atoms. The minimum absolute atomic E-state index is 0.192. The number of esters is 1.